The highest BCUT2D eigenvalue weighted by Crippen LogP contribution is 2.43. The number of carbonyl (C=O) groups excluding carboxylic acids is 1. The quantitative estimate of drug-likeness (QED) is 0.439. The predicted octanol–water partition coefficient (Wildman–Crippen LogP) is 7.15. The van der Waals surface area contributed by atoms with E-state index in [1.54, 1.807) is 18.3 Å². The first-order valence-corrected chi connectivity index (χ1v) is 13.3. The largest absolute Gasteiger partial charge is 0.341 e. The summed E-state index contributed by atoms with van der Waals surface area (Å²) in [6.45, 7) is 11.0. The molecule has 31 heavy (non-hydrogen) atoms. The average molecular weight is 441 g/mol. The van der Waals surface area contributed by atoms with Crippen molar-refractivity contribution in [1.29, 1.82) is 0 Å². The average Bonchev–Trinajstić information content (AvgIpc) is 3.22. The van der Waals surface area contributed by atoms with Crippen molar-refractivity contribution in [3.05, 3.63) is 34.2 Å². The van der Waals surface area contributed by atoms with Crippen LogP contribution in [0.4, 0.5) is 5.69 Å². The Kier molecular flexibility index (Phi) is 7.38. The number of rotatable bonds is 6. The Balaban J connectivity index is 1.70. The number of hydrogen-bond donors (Lipinski definition) is 0. The molecule has 3 aliphatic rings. The molecule has 1 aliphatic heterocycles. The summed E-state index contributed by atoms with van der Waals surface area (Å²) >= 11 is 1.72. The number of piperidine rings is 1. The monoisotopic (exact) mass is 440 g/mol. The molecule has 0 radical (unpaired) electrons. The first-order valence-electron chi connectivity index (χ1n) is 12.4. The summed E-state index contributed by atoms with van der Waals surface area (Å²) in [4.78, 5) is 20.0. The minimum atomic E-state index is 0.200. The number of Topliss-reactive ketones (excluding diaryl/α,β-unsaturated/α-hetero) is 1. The molecule has 1 saturated carbocycles. The van der Waals surface area contributed by atoms with Crippen LogP contribution in [0.15, 0.2) is 24.4 Å². The maximum atomic E-state index is 12.8. The number of hydrogen-bond acceptors (Lipinski definition) is 4. The zero-order valence-corrected chi connectivity index (χ0v) is 20.6. The highest BCUT2D eigenvalue weighted by Gasteiger charge is 2.33. The standard InChI is InChI=1S/C27H40N2OS/c1-19-10-12-22(13-11-19)20(2)29(24-14-16-28(4)17-15-24)25-18-26(31-27(25)21(3)30)23-8-6-5-7-9-23/h8,18-19,22,24H,2,5-7,9-17H2,1,3-4H3. The van der Waals surface area contributed by atoms with Crippen LogP contribution in [0.3, 0.4) is 0 Å². The lowest BCUT2D eigenvalue weighted by molar-refractivity contribution is 0.102. The van der Waals surface area contributed by atoms with Gasteiger partial charge in [0.05, 0.1) is 10.6 Å². The summed E-state index contributed by atoms with van der Waals surface area (Å²) in [6, 6.07) is 2.79. The second kappa shape index (κ2) is 10.0. The SMILES string of the molecule is C=C(C1CCC(C)CC1)N(c1cc(C2=CCCCC2)sc1C(C)=O)C1CCN(C)CC1. The molecular weight excluding hydrogens is 400 g/mol. The molecule has 0 unspecified atom stereocenters. The van der Waals surface area contributed by atoms with Crippen molar-refractivity contribution in [1.82, 2.24) is 4.90 Å². The van der Waals surface area contributed by atoms with Gasteiger partial charge in [-0.2, -0.15) is 0 Å². The predicted molar refractivity (Wildman–Crippen MR) is 134 cm³/mol. The lowest BCUT2D eigenvalue weighted by Gasteiger charge is -2.43. The van der Waals surface area contributed by atoms with Gasteiger partial charge in [-0.3, -0.25) is 4.79 Å². The molecule has 1 aromatic rings. The molecule has 3 nitrogen and oxygen atoms in total. The maximum absolute atomic E-state index is 12.8. The summed E-state index contributed by atoms with van der Waals surface area (Å²) < 4.78 is 0. The lowest BCUT2D eigenvalue weighted by Crippen LogP contribution is -2.45. The van der Waals surface area contributed by atoms with Gasteiger partial charge in [0.25, 0.3) is 0 Å². The van der Waals surface area contributed by atoms with Gasteiger partial charge in [0.1, 0.15) is 0 Å². The summed E-state index contributed by atoms with van der Waals surface area (Å²) in [6.07, 6.45) is 14.6. The van der Waals surface area contributed by atoms with E-state index in [1.165, 1.54) is 61.1 Å². The Bertz CT molecular complexity index is 822. The van der Waals surface area contributed by atoms with Crippen molar-refractivity contribution in [3.63, 3.8) is 0 Å². The van der Waals surface area contributed by atoms with Crippen molar-refractivity contribution >= 4 is 28.4 Å². The smallest absolute Gasteiger partial charge is 0.171 e. The molecule has 2 heterocycles. The molecule has 1 aromatic heterocycles. The van der Waals surface area contributed by atoms with Crippen molar-refractivity contribution in [3.8, 4) is 0 Å². The fraction of sp³-hybridized carbons (Fsp3) is 0.667. The van der Waals surface area contributed by atoms with Crippen molar-refractivity contribution in [2.24, 2.45) is 11.8 Å². The first kappa shape index (κ1) is 22.8. The zero-order valence-electron chi connectivity index (χ0n) is 19.8. The molecule has 0 aromatic carbocycles. The highest BCUT2D eigenvalue weighted by molar-refractivity contribution is 7.15. The normalized spacial score (nSPS) is 25.8. The fourth-order valence-electron chi connectivity index (χ4n) is 5.66. The molecule has 0 spiro atoms. The summed E-state index contributed by atoms with van der Waals surface area (Å²) in [5.74, 6) is 1.58. The highest BCUT2D eigenvalue weighted by atomic mass is 32.1. The molecule has 0 atom stereocenters. The van der Waals surface area contributed by atoms with Gasteiger partial charge in [0, 0.05) is 23.5 Å². The minimum absolute atomic E-state index is 0.200. The molecule has 0 N–H and O–H groups in total. The van der Waals surface area contributed by atoms with Crippen LogP contribution in [0.2, 0.25) is 0 Å². The first-order chi connectivity index (χ1) is 14.9. The Hall–Kier alpha value is -1.39. The van der Waals surface area contributed by atoms with Gasteiger partial charge in [-0.1, -0.05) is 32.4 Å². The van der Waals surface area contributed by atoms with Crippen molar-refractivity contribution in [2.75, 3.05) is 25.0 Å². The van der Waals surface area contributed by atoms with Crippen LogP contribution < -0.4 is 4.90 Å². The van der Waals surface area contributed by atoms with E-state index in [2.05, 4.69) is 42.5 Å². The summed E-state index contributed by atoms with van der Waals surface area (Å²) in [5, 5.41) is 0. The Morgan fingerprint density at radius 1 is 1.13 bits per heavy atom. The van der Waals surface area contributed by atoms with Gasteiger partial charge in [-0.25, -0.2) is 0 Å². The van der Waals surface area contributed by atoms with Gasteiger partial charge >= 0.3 is 0 Å². The molecule has 4 rings (SSSR count). The number of ketones is 1. The molecule has 2 aliphatic carbocycles. The van der Waals surface area contributed by atoms with Crippen LogP contribution in [0, 0.1) is 11.8 Å². The van der Waals surface area contributed by atoms with E-state index >= 15 is 0 Å². The van der Waals surface area contributed by atoms with Crippen LogP contribution in [-0.4, -0.2) is 36.9 Å². The third-order valence-electron chi connectivity index (χ3n) is 7.75. The summed E-state index contributed by atoms with van der Waals surface area (Å²) in [5.41, 5.74) is 3.87. The second-order valence-electron chi connectivity index (χ2n) is 10.2. The molecule has 170 valence electrons. The lowest BCUT2D eigenvalue weighted by atomic mass is 9.80. The molecule has 1 saturated heterocycles. The summed E-state index contributed by atoms with van der Waals surface area (Å²) in [7, 11) is 2.22. The Labute approximate surface area is 193 Å². The zero-order chi connectivity index (χ0) is 22.0. The van der Waals surface area contributed by atoms with Crippen LogP contribution >= 0.6 is 11.3 Å². The van der Waals surface area contributed by atoms with E-state index in [1.807, 2.05) is 0 Å². The Morgan fingerprint density at radius 3 is 2.45 bits per heavy atom. The third kappa shape index (κ3) is 5.17. The van der Waals surface area contributed by atoms with Crippen molar-refractivity contribution in [2.45, 2.75) is 84.1 Å². The number of nitrogens with zero attached hydrogens (tertiary/aromatic N) is 2. The van der Waals surface area contributed by atoms with Crippen LogP contribution in [0.1, 0.15) is 92.6 Å². The number of carbonyl (C=O) groups is 1. The minimum Gasteiger partial charge on any atom is -0.341 e. The van der Waals surface area contributed by atoms with Gasteiger partial charge in [-0.15, -0.1) is 11.3 Å². The van der Waals surface area contributed by atoms with Crippen LogP contribution in [0.5, 0.6) is 0 Å². The van der Waals surface area contributed by atoms with Gasteiger partial charge in [0.2, 0.25) is 0 Å². The number of anilines is 1. The number of likely N-dealkylation sites (tertiary alicyclic amines) is 1. The van der Waals surface area contributed by atoms with E-state index in [0.717, 1.165) is 48.8 Å². The van der Waals surface area contributed by atoms with Gasteiger partial charge in [0.15, 0.2) is 5.78 Å². The Morgan fingerprint density at radius 2 is 1.84 bits per heavy atom. The second-order valence-corrected chi connectivity index (χ2v) is 11.3. The molecule has 0 bridgehead atoms. The number of allylic oxidation sites excluding steroid dienone is 3. The third-order valence-corrected chi connectivity index (χ3v) is 9.05. The topological polar surface area (TPSA) is 23.6 Å². The van der Waals surface area contributed by atoms with E-state index in [0.29, 0.717) is 12.0 Å². The van der Waals surface area contributed by atoms with Gasteiger partial charge in [-0.05, 0) is 95.0 Å². The van der Waals surface area contributed by atoms with E-state index in [9.17, 15) is 4.79 Å². The molecule has 0 amide bonds. The molecular formula is C27H40N2OS. The molecule has 2 fully saturated rings. The van der Waals surface area contributed by atoms with E-state index < -0.39 is 0 Å². The van der Waals surface area contributed by atoms with E-state index in [4.69, 9.17) is 0 Å². The van der Waals surface area contributed by atoms with Crippen molar-refractivity contribution < 1.29 is 4.79 Å². The maximum Gasteiger partial charge on any atom is 0.171 e. The van der Waals surface area contributed by atoms with Gasteiger partial charge < -0.3 is 9.80 Å². The number of thiophene rings is 1. The fourth-order valence-corrected chi connectivity index (χ4v) is 6.77. The van der Waals surface area contributed by atoms with E-state index in [-0.39, 0.29) is 5.78 Å². The molecule has 4 heteroatoms. The van der Waals surface area contributed by atoms with Crippen LogP contribution in [0.25, 0.3) is 5.57 Å². The van der Waals surface area contributed by atoms with Crippen LogP contribution in [-0.2, 0) is 0 Å².